The number of methoxy groups -OCH3 is 1. The van der Waals surface area contributed by atoms with Crippen LogP contribution in [0, 0.1) is 40.9 Å². The van der Waals surface area contributed by atoms with Crippen molar-refractivity contribution in [1.82, 2.24) is 60.0 Å². The van der Waals surface area contributed by atoms with E-state index in [2.05, 4.69) is 16.0 Å². The number of nitrogens with zero attached hydrogens (tertiary/aromatic N) is 9. The molecule has 110 heavy (non-hydrogen) atoms. The summed E-state index contributed by atoms with van der Waals surface area (Å²) in [5, 5.41) is 9.07. The number of carbonyl (C=O) groups is 12. The molecular formula is C81H129F3N12O14. The third-order valence-corrected chi connectivity index (χ3v) is 26.4. The fourth-order valence-corrected chi connectivity index (χ4v) is 19.5. The summed E-state index contributed by atoms with van der Waals surface area (Å²) in [7, 11) is 13.0. The summed E-state index contributed by atoms with van der Waals surface area (Å²) >= 11 is 0. The fraction of sp³-hybridized carbons (Fsp3) is 0.827. The van der Waals surface area contributed by atoms with Gasteiger partial charge in [0.1, 0.15) is 53.9 Å². The first-order valence-electron chi connectivity index (χ1n) is 41.2. The van der Waals surface area contributed by atoms with Crippen molar-refractivity contribution in [3.63, 3.8) is 0 Å². The number of hydrogen-bond donors (Lipinski definition) is 3. The Hall–Kier alpha value is -6.91. The van der Waals surface area contributed by atoms with E-state index in [1.165, 1.54) is 108 Å². The smallest absolute Gasteiger partial charge is 0.381 e. The first-order chi connectivity index (χ1) is 52.0. The lowest BCUT2D eigenvalue weighted by Gasteiger charge is -2.54. The predicted molar refractivity (Wildman–Crippen MR) is 405 cm³/mol. The second-order valence-corrected chi connectivity index (χ2v) is 35.2. The van der Waals surface area contributed by atoms with Crippen LogP contribution >= 0.6 is 0 Å². The molecule has 1 spiro atoms. The summed E-state index contributed by atoms with van der Waals surface area (Å²) in [6, 6.07) is -10.0. The highest BCUT2D eigenvalue weighted by molar-refractivity contribution is 6.01. The molecule has 6 saturated heterocycles. The van der Waals surface area contributed by atoms with Gasteiger partial charge in [-0.15, -0.1) is 0 Å². The third-order valence-electron chi connectivity index (χ3n) is 26.4. The Bertz CT molecular complexity index is 3310. The van der Waals surface area contributed by atoms with Crippen molar-refractivity contribution in [3.8, 4) is 0 Å². The maximum Gasteiger partial charge on any atom is 0.394 e. The van der Waals surface area contributed by atoms with Crippen molar-refractivity contribution in [2.75, 3.05) is 89.7 Å². The molecule has 3 N–H and O–H groups in total. The number of ether oxygens (including phenoxy) is 2. The molecule has 6 bridgehead atoms. The zero-order chi connectivity index (χ0) is 80.4. The third kappa shape index (κ3) is 20.9. The quantitative estimate of drug-likeness (QED) is 0.186. The summed E-state index contributed by atoms with van der Waals surface area (Å²) in [6.45, 7) is 6.39. The number of hydrogen-bond acceptors (Lipinski definition) is 14. The van der Waals surface area contributed by atoms with E-state index in [-0.39, 0.29) is 102 Å². The van der Waals surface area contributed by atoms with E-state index in [1.54, 1.807) is 6.92 Å². The van der Waals surface area contributed by atoms with E-state index in [9.17, 15) is 27.6 Å². The maximum absolute atomic E-state index is 16.0. The Kier molecular flexibility index (Phi) is 29.9. The van der Waals surface area contributed by atoms with Crippen LogP contribution in [-0.2, 0) is 67.0 Å². The van der Waals surface area contributed by atoms with Gasteiger partial charge in [0, 0.05) is 83.0 Å². The molecule has 618 valence electrons. The van der Waals surface area contributed by atoms with Crippen LogP contribution in [0.2, 0.25) is 0 Å². The molecule has 7 heterocycles. The minimum Gasteiger partial charge on any atom is -0.381 e. The molecule has 12 rings (SSSR count). The average molecular weight is 1550 g/mol. The van der Waals surface area contributed by atoms with Gasteiger partial charge in [0.05, 0.1) is 43.7 Å². The molecule has 0 aromatic carbocycles. The van der Waals surface area contributed by atoms with E-state index in [0.29, 0.717) is 44.4 Å². The van der Waals surface area contributed by atoms with Crippen molar-refractivity contribution in [1.29, 1.82) is 0 Å². The van der Waals surface area contributed by atoms with Crippen molar-refractivity contribution in [3.05, 3.63) is 12.2 Å². The van der Waals surface area contributed by atoms with Crippen LogP contribution < -0.4 is 16.0 Å². The molecule has 11 fully saturated rings. The van der Waals surface area contributed by atoms with E-state index >= 15 is 43.2 Å². The summed E-state index contributed by atoms with van der Waals surface area (Å²) in [4.78, 5) is 197. The van der Waals surface area contributed by atoms with Crippen LogP contribution in [0.3, 0.4) is 0 Å². The van der Waals surface area contributed by atoms with Crippen LogP contribution in [0.15, 0.2) is 12.2 Å². The highest BCUT2D eigenvalue weighted by Gasteiger charge is 2.60. The Balaban J connectivity index is 1.15. The monoisotopic (exact) mass is 1550 g/mol. The summed E-state index contributed by atoms with van der Waals surface area (Å²) in [5.74, 6) is -10.2. The molecule has 0 aromatic heterocycles. The number of halogens is 3. The van der Waals surface area contributed by atoms with Gasteiger partial charge in [0.2, 0.25) is 70.9 Å². The zero-order valence-corrected chi connectivity index (χ0v) is 67.9. The van der Waals surface area contributed by atoms with Crippen molar-refractivity contribution < 1.29 is 80.2 Å². The van der Waals surface area contributed by atoms with E-state index in [0.717, 1.165) is 77.0 Å². The second-order valence-electron chi connectivity index (χ2n) is 35.2. The molecule has 13 atom stereocenters. The normalized spacial score (nSPS) is 32.9. The number of alkyl halides is 3. The highest BCUT2D eigenvalue weighted by Crippen LogP contribution is 2.50. The number of nitrogens with one attached hydrogen (secondary N) is 3. The van der Waals surface area contributed by atoms with Gasteiger partial charge < -0.3 is 69.5 Å². The van der Waals surface area contributed by atoms with Crippen LogP contribution in [0.4, 0.5) is 13.2 Å². The number of rotatable bonds is 10. The zero-order valence-electron chi connectivity index (χ0n) is 67.9. The van der Waals surface area contributed by atoms with Crippen LogP contribution in [0.25, 0.3) is 0 Å². The fourth-order valence-electron chi connectivity index (χ4n) is 19.5. The standard InChI is InChI=1S/C81H129F3N12O14/c1-14-50(2)68-76(106)90(8)47-67(99)92(10)60-31-20-17-23-40-95(75(60)105)63-41-52-34-32-51(33-35-52)25-18-15-16-19-30-59(70(100)86-68)91(9)66(98)44-62(73(103)88(5)6)93(11)77(107)69(54-26-21-22-27-54)94(12)78(108)80(48-79(3,4)49-80)87-71(101)61-43-56(110-55-28-24-29-55)45-96(61)72(102)58(85-65(97)46-89(7)74(63)104)39-37-53-36-38-57(81(82,83)84)64(42-53)109-13/h17,20,50-64,68-69H,14-16,18-19,21-49H2,1-13H3,(H,85,97)(H,86,100)(H,87,101)/b20-17-/t50-,51?,52?,53?,56+,57?,58-,59-,60-,61-,62-,63-,64?,68-,69-/m0/s1. The van der Waals surface area contributed by atoms with Gasteiger partial charge in [-0.1, -0.05) is 117 Å². The first-order valence-corrected chi connectivity index (χ1v) is 41.2. The van der Waals surface area contributed by atoms with Crippen molar-refractivity contribution >= 4 is 70.9 Å². The highest BCUT2D eigenvalue weighted by atomic mass is 19.4. The Morgan fingerprint density at radius 3 is 1.86 bits per heavy atom. The summed E-state index contributed by atoms with van der Waals surface area (Å²) < 4.78 is 55.3. The Morgan fingerprint density at radius 1 is 0.609 bits per heavy atom. The lowest BCUT2D eigenvalue weighted by atomic mass is 9.58. The second kappa shape index (κ2) is 37.8. The predicted octanol–water partition coefficient (Wildman–Crippen LogP) is 6.99. The first kappa shape index (κ1) is 87.1. The average Bonchev–Trinajstić information content (AvgIpc) is 0.926. The molecule has 29 heteroatoms. The van der Waals surface area contributed by atoms with Crippen molar-refractivity contribution in [2.45, 2.75) is 299 Å². The Morgan fingerprint density at radius 2 is 1.25 bits per heavy atom. The van der Waals surface area contributed by atoms with Gasteiger partial charge in [0.15, 0.2) is 0 Å². The number of likely N-dealkylation sites (N-methyl/N-ethyl adjacent to an activating group) is 7. The van der Waals surface area contributed by atoms with E-state index < -0.39 is 186 Å². The van der Waals surface area contributed by atoms with Gasteiger partial charge in [-0.2, -0.15) is 13.2 Å². The molecule has 12 amide bonds. The van der Waals surface area contributed by atoms with Gasteiger partial charge in [-0.25, -0.2) is 0 Å². The molecule has 12 aliphatic rings. The molecule has 26 nitrogen and oxygen atoms in total. The molecule has 3 unspecified atom stereocenters. The molecule has 7 aliphatic heterocycles. The van der Waals surface area contributed by atoms with E-state index in [1.807, 2.05) is 32.9 Å². The minimum absolute atomic E-state index is 0.00474. The topological polar surface area (TPSA) is 289 Å². The largest absolute Gasteiger partial charge is 0.394 e. The lowest BCUT2D eigenvalue weighted by Crippen LogP contribution is -2.71. The maximum atomic E-state index is 16.0. The Labute approximate surface area is 649 Å². The van der Waals surface area contributed by atoms with Gasteiger partial charge in [-0.05, 0) is 138 Å². The van der Waals surface area contributed by atoms with Crippen LogP contribution in [0.1, 0.15) is 220 Å². The summed E-state index contributed by atoms with van der Waals surface area (Å²) in [5.41, 5.74) is -2.16. The van der Waals surface area contributed by atoms with Gasteiger partial charge in [-0.3, -0.25) is 57.5 Å². The van der Waals surface area contributed by atoms with Gasteiger partial charge in [0.25, 0.3) is 0 Å². The van der Waals surface area contributed by atoms with Crippen molar-refractivity contribution in [2.24, 2.45) is 40.9 Å². The minimum atomic E-state index is -4.52. The lowest BCUT2D eigenvalue weighted by molar-refractivity contribution is -0.215. The molecule has 0 aromatic rings. The van der Waals surface area contributed by atoms with Crippen LogP contribution in [-0.4, -0.2) is 283 Å². The molecular weight excluding hydrogens is 1420 g/mol. The molecule has 0 radical (unpaired) electrons. The van der Waals surface area contributed by atoms with E-state index in [4.69, 9.17) is 9.47 Å². The molecule has 5 saturated carbocycles. The SMILES string of the molecule is CC[C@H](C)[C@@H]1NC(=O)[C@@H]2CCCCCCC3CCC(CC3)C[C@@H](C(=O)N(C)CC(=O)N[C@@H](CCC3CCC(C(F)(F)F)C(OC)C3)C(=O)N3C[C@H](OC4CCC4)C[C@H]3C(=O)NC3(CC(C)(C)C3)C(=O)N(C)[C@@H](C3CCCC3)C(=O)N(C)[C@H](C(=O)N(C)C)CC(=O)N2C)N2CC/C=C\C[C@@H](C2=O)N(C)C(=O)CN(C)C1=O. The van der Waals surface area contributed by atoms with Crippen LogP contribution in [0.5, 0.6) is 0 Å². The number of amides is 12. The van der Waals surface area contributed by atoms with Gasteiger partial charge >= 0.3 is 6.18 Å². The number of carbonyl (C=O) groups excluding carboxylic acids is 12. The summed E-state index contributed by atoms with van der Waals surface area (Å²) in [6.07, 6.45) is 9.98. The molecule has 5 aliphatic carbocycles.